The van der Waals surface area contributed by atoms with Crippen LogP contribution in [-0.2, 0) is 10.9 Å². The number of rotatable bonds is 4. The molecule has 1 amide bonds. The van der Waals surface area contributed by atoms with Crippen LogP contribution in [-0.4, -0.2) is 25.0 Å². The molecular weight excluding hydrogens is 393 g/mol. The van der Waals surface area contributed by atoms with Crippen LogP contribution >= 0.6 is 0 Å². The molecule has 0 atom stereocenters. The predicted octanol–water partition coefficient (Wildman–Crippen LogP) is 5.40. The van der Waals surface area contributed by atoms with E-state index in [4.69, 9.17) is 4.74 Å². The molecule has 1 N–H and O–H groups in total. The molecule has 1 heterocycles. The van der Waals surface area contributed by atoms with E-state index in [2.05, 4.69) is 10.3 Å². The Morgan fingerprint density at radius 1 is 0.900 bits per heavy atom. The van der Waals surface area contributed by atoms with Gasteiger partial charge in [-0.05, 0) is 41.5 Å². The first-order valence-corrected chi connectivity index (χ1v) is 9.28. The van der Waals surface area contributed by atoms with Gasteiger partial charge in [-0.2, -0.15) is 13.2 Å². The summed E-state index contributed by atoms with van der Waals surface area (Å²) >= 11 is 0. The maximum Gasteiger partial charge on any atom is 0.416 e. The van der Waals surface area contributed by atoms with Crippen molar-refractivity contribution in [3.63, 3.8) is 0 Å². The highest BCUT2D eigenvalue weighted by atomic mass is 19.4. The molecule has 0 fully saturated rings. The maximum absolute atomic E-state index is 13.0. The summed E-state index contributed by atoms with van der Waals surface area (Å²) in [5.41, 5.74) is 1.89. The van der Waals surface area contributed by atoms with Gasteiger partial charge in [-0.1, -0.05) is 42.5 Å². The van der Waals surface area contributed by atoms with E-state index in [0.717, 1.165) is 12.1 Å². The number of carbonyl (C=O) groups excluding carboxylic acids is 1. The van der Waals surface area contributed by atoms with Gasteiger partial charge < -0.3 is 10.1 Å². The molecule has 0 unspecified atom stereocenters. The molecular formula is C23H17F3N2O2. The zero-order chi connectivity index (χ0) is 21.1. The van der Waals surface area contributed by atoms with Gasteiger partial charge in [-0.25, -0.2) is 4.99 Å². The number of halogens is 3. The van der Waals surface area contributed by atoms with Gasteiger partial charge in [0, 0.05) is 5.56 Å². The average Bonchev–Trinajstić information content (AvgIpc) is 3.28. The highest BCUT2D eigenvalue weighted by molar-refractivity contribution is 6.11. The summed E-state index contributed by atoms with van der Waals surface area (Å²) < 4.78 is 44.1. The van der Waals surface area contributed by atoms with Gasteiger partial charge in [-0.3, -0.25) is 4.79 Å². The number of aliphatic imine (C=N–C) groups is 1. The van der Waals surface area contributed by atoms with Gasteiger partial charge in [0.25, 0.3) is 5.91 Å². The highest BCUT2D eigenvalue weighted by Crippen LogP contribution is 2.32. The van der Waals surface area contributed by atoms with Crippen LogP contribution < -0.4 is 5.32 Å². The second-order valence-electron chi connectivity index (χ2n) is 6.66. The van der Waals surface area contributed by atoms with E-state index < -0.39 is 11.7 Å². The van der Waals surface area contributed by atoms with Crippen molar-refractivity contribution in [2.75, 3.05) is 18.5 Å². The average molecular weight is 410 g/mol. The Hall–Kier alpha value is -3.61. The van der Waals surface area contributed by atoms with E-state index in [1.807, 2.05) is 12.1 Å². The molecule has 0 bridgehead atoms. The number of ether oxygens (including phenoxy) is 1. The normalized spacial score (nSPS) is 13.5. The fraction of sp³-hybridized carbons (Fsp3) is 0.130. The number of amides is 1. The van der Waals surface area contributed by atoms with Crippen LogP contribution in [0.25, 0.3) is 11.1 Å². The van der Waals surface area contributed by atoms with Crippen molar-refractivity contribution in [3.05, 3.63) is 89.5 Å². The fourth-order valence-electron chi connectivity index (χ4n) is 3.24. The van der Waals surface area contributed by atoms with Crippen molar-refractivity contribution in [3.8, 4) is 11.1 Å². The SMILES string of the molecule is O=C(Nc1ccccc1C1=NCCO1)c1ccccc1-c1ccc(C(F)(F)F)cc1. The van der Waals surface area contributed by atoms with E-state index in [9.17, 15) is 18.0 Å². The predicted molar refractivity (Wildman–Crippen MR) is 109 cm³/mol. The van der Waals surface area contributed by atoms with Gasteiger partial charge in [0.05, 0.1) is 23.4 Å². The molecule has 0 saturated carbocycles. The van der Waals surface area contributed by atoms with Crippen molar-refractivity contribution in [2.45, 2.75) is 6.18 Å². The summed E-state index contributed by atoms with van der Waals surface area (Å²) in [4.78, 5) is 17.3. The van der Waals surface area contributed by atoms with Crippen LogP contribution in [0.2, 0.25) is 0 Å². The molecule has 0 radical (unpaired) electrons. The molecule has 0 aliphatic carbocycles. The standard InChI is InChI=1S/C23H17F3N2O2/c24-23(25,26)16-11-9-15(10-12-16)17-5-1-2-6-18(17)21(29)28-20-8-4-3-7-19(20)22-27-13-14-30-22/h1-12H,13-14H2,(H,28,29). The summed E-state index contributed by atoms with van der Waals surface area (Å²) in [6.07, 6.45) is -4.41. The monoisotopic (exact) mass is 410 g/mol. The lowest BCUT2D eigenvalue weighted by Crippen LogP contribution is -2.16. The summed E-state index contributed by atoms with van der Waals surface area (Å²) in [5.74, 6) is 0.0958. The Bertz CT molecular complexity index is 1110. The maximum atomic E-state index is 13.0. The summed E-state index contributed by atoms with van der Waals surface area (Å²) in [5, 5.41) is 2.87. The first-order chi connectivity index (χ1) is 14.4. The zero-order valence-corrected chi connectivity index (χ0v) is 15.7. The molecule has 1 aliphatic rings. The van der Waals surface area contributed by atoms with E-state index in [1.54, 1.807) is 36.4 Å². The minimum atomic E-state index is -4.41. The minimum absolute atomic E-state index is 0.348. The molecule has 4 nitrogen and oxygen atoms in total. The third-order valence-corrected chi connectivity index (χ3v) is 4.69. The Balaban J connectivity index is 1.64. The van der Waals surface area contributed by atoms with Crippen molar-refractivity contribution >= 4 is 17.5 Å². The van der Waals surface area contributed by atoms with Crippen LogP contribution in [0.5, 0.6) is 0 Å². The van der Waals surface area contributed by atoms with E-state index in [0.29, 0.717) is 47.0 Å². The smallest absolute Gasteiger partial charge is 0.416 e. The third kappa shape index (κ3) is 4.05. The fourth-order valence-corrected chi connectivity index (χ4v) is 3.24. The molecule has 0 spiro atoms. The van der Waals surface area contributed by atoms with Crippen LogP contribution in [0, 0.1) is 0 Å². The number of nitrogens with zero attached hydrogens (tertiary/aromatic N) is 1. The molecule has 0 saturated heterocycles. The van der Waals surface area contributed by atoms with E-state index >= 15 is 0 Å². The number of hydrogen-bond donors (Lipinski definition) is 1. The van der Waals surface area contributed by atoms with E-state index in [-0.39, 0.29) is 5.91 Å². The first kappa shape index (κ1) is 19.7. The molecule has 3 aromatic carbocycles. The lowest BCUT2D eigenvalue weighted by molar-refractivity contribution is -0.137. The number of carbonyl (C=O) groups is 1. The molecule has 4 rings (SSSR count). The van der Waals surface area contributed by atoms with E-state index in [1.165, 1.54) is 12.1 Å². The van der Waals surface area contributed by atoms with Gasteiger partial charge >= 0.3 is 6.18 Å². The Labute approximate surface area is 171 Å². The Kier molecular flexibility index (Phi) is 5.27. The lowest BCUT2D eigenvalue weighted by Gasteiger charge is -2.14. The summed E-state index contributed by atoms with van der Waals surface area (Å²) in [6.45, 7) is 1.06. The quantitative estimate of drug-likeness (QED) is 0.626. The molecule has 1 aliphatic heterocycles. The molecule has 7 heteroatoms. The van der Waals surface area contributed by atoms with Crippen LogP contribution in [0.3, 0.4) is 0 Å². The molecule has 3 aromatic rings. The summed E-state index contributed by atoms with van der Waals surface area (Å²) in [7, 11) is 0. The third-order valence-electron chi connectivity index (χ3n) is 4.69. The summed E-state index contributed by atoms with van der Waals surface area (Å²) in [6, 6.07) is 18.7. The van der Waals surface area contributed by atoms with Crippen molar-refractivity contribution in [2.24, 2.45) is 4.99 Å². The zero-order valence-electron chi connectivity index (χ0n) is 15.7. The number of alkyl halides is 3. The highest BCUT2D eigenvalue weighted by Gasteiger charge is 2.30. The second-order valence-corrected chi connectivity index (χ2v) is 6.66. The Morgan fingerprint density at radius 2 is 1.57 bits per heavy atom. The van der Waals surface area contributed by atoms with Crippen molar-refractivity contribution < 1.29 is 22.7 Å². The number of nitrogens with one attached hydrogen (secondary N) is 1. The molecule has 152 valence electrons. The largest absolute Gasteiger partial charge is 0.475 e. The molecule has 0 aromatic heterocycles. The first-order valence-electron chi connectivity index (χ1n) is 9.28. The number of para-hydroxylation sites is 1. The lowest BCUT2D eigenvalue weighted by atomic mass is 9.98. The number of anilines is 1. The topological polar surface area (TPSA) is 50.7 Å². The number of hydrogen-bond acceptors (Lipinski definition) is 3. The second kappa shape index (κ2) is 8.02. The van der Waals surface area contributed by atoms with Gasteiger partial charge in [0.1, 0.15) is 6.61 Å². The van der Waals surface area contributed by atoms with Gasteiger partial charge in [0.15, 0.2) is 0 Å². The Morgan fingerprint density at radius 3 is 2.23 bits per heavy atom. The van der Waals surface area contributed by atoms with Crippen LogP contribution in [0.1, 0.15) is 21.5 Å². The minimum Gasteiger partial charge on any atom is -0.475 e. The van der Waals surface area contributed by atoms with Crippen LogP contribution in [0.15, 0.2) is 77.8 Å². The van der Waals surface area contributed by atoms with Gasteiger partial charge in [0.2, 0.25) is 5.90 Å². The van der Waals surface area contributed by atoms with Crippen LogP contribution in [0.4, 0.5) is 18.9 Å². The number of benzene rings is 3. The van der Waals surface area contributed by atoms with Crippen molar-refractivity contribution in [1.29, 1.82) is 0 Å². The van der Waals surface area contributed by atoms with Gasteiger partial charge in [-0.15, -0.1) is 0 Å². The van der Waals surface area contributed by atoms with Crippen molar-refractivity contribution in [1.82, 2.24) is 0 Å². The molecule has 30 heavy (non-hydrogen) atoms.